The predicted octanol–water partition coefficient (Wildman–Crippen LogP) is 3.31. The SMILES string of the molecule is CCNC(=NCCCCN1CCC(C)CC1)NC1CCN(CC(F)(F)F)C1.I. The fourth-order valence-corrected chi connectivity index (χ4v) is 3.78. The molecule has 2 heterocycles. The van der Waals surface area contributed by atoms with Gasteiger partial charge in [0.15, 0.2) is 5.96 Å². The van der Waals surface area contributed by atoms with E-state index in [0.29, 0.717) is 19.5 Å². The highest BCUT2D eigenvalue weighted by Gasteiger charge is 2.34. The van der Waals surface area contributed by atoms with Crippen LogP contribution in [0, 0.1) is 5.92 Å². The van der Waals surface area contributed by atoms with Gasteiger partial charge in [0.25, 0.3) is 0 Å². The largest absolute Gasteiger partial charge is 0.401 e. The summed E-state index contributed by atoms with van der Waals surface area (Å²) in [6, 6.07) is 0.0282. The number of likely N-dealkylation sites (tertiary alicyclic amines) is 2. The van der Waals surface area contributed by atoms with Crippen molar-refractivity contribution >= 4 is 29.9 Å². The fraction of sp³-hybridized carbons (Fsp3) is 0.947. The van der Waals surface area contributed by atoms with E-state index in [9.17, 15) is 13.2 Å². The quantitative estimate of drug-likeness (QED) is 0.224. The van der Waals surface area contributed by atoms with Crippen molar-refractivity contribution in [2.24, 2.45) is 10.9 Å². The van der Waals surface area contributed by atoms with Crippen molar-refractivity contribution < 1.29 is 13.2 Å². The molecule has 0 saturated carbocycles. The third kappa shape index (κ3) is 10.5. The molecule has 0 radical (unpaired) electrons. The minimum atomic E-state index is -4.13. The summed E-state index contributed by atoms with van der Waals surface area (Å²) in [7, 11) is 0. The Kier molecular flexibility index (Phi) is 12.0. The maximum atomic E-state index is 12.5. The summed E-state index contributed by atoms with van der Waals surface area (Å²) in [6.07, 6.45) is 1.38. The van der Waals surface area contributed by atoms with E-state index in [2.05, 4.69) is 27.4 Å². The Bertz CT molecular complexity index is 453. The highest BCUT2D eigenvalue weighted by Crippen LogP contribution is 2.20. The first-order chi connectivity index (χ1) is 12.9. The molecule has 0 aromatic heterocycles. The number of nitrogens with zero attached hydrogens (tertiary/aromatic N) is 3. The number of halogens is 4. The highest BCUT2D eigenvalue weighted by atomic mass is 127. The van der Waals surface area contributed by atoms with Crippen molar-refractivity contribution in [1.29, 1.82) is 0 Å². The normalized spacial score (nSPS) is 22.9. The summed E-state index contributed by atoms with van der Waals surface area (Å²) in [5, 5.41) is 6.50. The third-order valence-corrected chi connectivity index (χ3v) is 5.39. The molecule has 1 unspecified atom stereocenters. The molecule has 5 nitrogen and oxygen atoms in total. The summed E-state index contributed by atoms with van der Waals surface area (Å²) >= 11 is 0. The average molecular weight is 519 g/mol. The fourth-order valence-electron chi connectivity index (χ4n) is 3.78. The summed E-state index contributed by atoms with van der Waals surface area (Å²) in [5.41, 5.74) is 0. The van der Waals surface area contributed by atoms with Crippen LogP contribution in [0.25, 0.3) is 0 Å². The number of aliphatic imine (C=N–C) groups is 1. The Morgan fingerprint density at radius 1 is 1.07 bits per heavy atom. The van der Waals surface area contributed by atoms with Gasteiger partial charge in [0.2, 0.25) is 0 Å². The minimum Gasteiger partial charge on any atom is -0.357 e. The standard InChI is InChI=1S/C19H36F3N5.HI/c1-3-23-18(25-17-8-13-27(14-17)15-19(20,21)22)24-9-4-5-10-26-11-6-16(2)7-12-26;/h16-17H,3-15H2,1-2H3,(H2,23,24,25);1H. The molecule has 9 heteroatoms. The Hall–Kier alpha value is -0.290. The first kappa shape index (κ1) is 25.7. The lowest BCUT2D eigenvalue weighted by Gasteiger charge is -2.30. The maximum absolute atomic E-state index is 12.5. The molecule has 2 rings (SSSR count). The van der Waals surface area contributed by atoms with Crippen molar-refractivity contribution in [2.45, 2.75) is 58.2 Å². The van der Waals surface area contributed by atoms with E-state index in [1.807, 2.05) is 6.92 Å². The lowest BCUT2D eigenvalue weighted by molar-refractivity contribution is -0.143. The van der Waals surface area contributed by atoms with E-state index in [0.717, 1.165) is 44.4 Å². The van der Waals surface area contributed by atoms with Gasteiger partial charge in [-0.25, -0.2) is 0 Å². The summed E-state index contributed by atoms with van der Waals surface area (Å²) in [5.74, 6) is 1.59. The zero-order chi connectivity index (χ0) is 19.7. The number of hydrogen-bond donors (Lipinski definition) is 2. The van der Waals surface area contributed by atoms with Crippen LogP contribution in [0.4, 0.5) is 13.2 Å². The summed E-state index contributed by atoms with van der Waals surface area (Å²) in [4.78, 5) is 8.61. The van der Waals surface area contributed by atoms with Crippen molar-refractivity contribution in [1.82, 2.24) is 20.4 Å². The molecule has 0 aliphatic carbocycles. The van der Waals surface area contributed by atoms with Gasteiger partial charge in [-0.05, 0) is 64.6 Å². The molecule has 0 aromatic carbocycles. The Morgan fingerprint density at radius 3 is 2.39 bits per heavy atom. The molecule has 2 fully saturated rings. The average Bonchev–Trinajstić information content (AvgIpc) is 3.01. The molecule has 2 aliphatic heterocycles. The summed E-state index contributed by atoms with van der Waals surface area (Å²) in [6.45, 7) is 9.45. The Labute approximate surface area is 184 Å². The number of unbranched alkanes of at least 4 members (excludes halogenated alkanes) is 1. The lowest BCUT2D eigenvalue weighted by Crippen LogP contribution is -2.45. The van der Waals surface area contributed by atoms with E-state index in [4.69, 9.17) is 0 Å². The lowest BCUT2D eigenvalue weighted by atomic mass is 9.99. The van der Waals surface area contributed by atoms with Crippen LogP contribution in [-0.2, 0) is 0 Å². The highest BCUT2D eigenvalue weighted by molar-refractivity contribution is 14.0. The molecule has 0 bridgehead atoms. The molecule has 1 atom stereocenters. The molecule has 2 aliphatic rings. The second-order valence-corrected chi connectivity index (χ2v) is 7.97. The van der Waals surface area contributed by atoms with Gasteiger partial charge in [0.1, 0.15) is 0 Å². The first-order valence-electron chi connectivity index (χ1n) is 10.4. The number of rotatable bonds is 8. The molecular formula is C19H37F3IN5. The Morgan fingerprint density at radius 2 is 1.75 bits per heavy atom. The molecule has 2 N–H and O–H groups in total. The van der Waals surface area contributed by atoms with E-state index < -0.39 is 12.7 Å². The second-order valence-electron chi connectivity index (χ2n) is 7.97. The Balaban J connectivity index is 0.00000392. The van der Waals surface area contributed by atoms with Gasteiger partial charge in [-0.3, -0.25) is 9.89 Å². The molecular weight excluding hydrogens is 482 g/mol. The van der Waals surface area contributed by atoms with Gasteiger partial charge in [0.05, 0.1) is 6.54 Å². The number of hydrogen-bond acceptors (Lipinski definition) is 3. The minimum absolute atomic E-state index is 0. The van der Waals surface area contributed by atoms with Gasteiger partial charge in [-0.2, -0.15) is 13.2 Å². The number of nitrogens with one attached hydrogen (secondary N) is 2. The van der Waals surface area contributed by atoms with Gasteiger partial charge < -0.3 is 15.5 Å². The topological polar surface area (TPSA) is 42.9 Å². The molecule has 2 saturated heterocycles. The predicted molar refractivity (Wildman–Crippen MR) is 120 cm³/mol. The van der Waals surface area contributed by atoms with Crippen LogP contribution in [0.15, 0.2) is 4.99 Å². The van der Waals surface area contributed by atoms with Crippen molar-refractivity contribution in [3.63, 3.8) is 0 Å². The first-order valence-corrected chi connectivity index (χ1v) is 10.4. The van der Waals surface area contributed by atoms with Crippen LogP contribution in [0.2, 0.25) is 0 Å². The van der Waals surface area contributed by atoms with Crippen LogP contribution in [-0.4, -0.2) is 80.3 Å². The zero-order valence-corrected chi connectivity index (χ0v) is 19.6. The van der Waals surface area contributed by atoms with E-state index in [-0.39, 0.29) is 30.0 Å². The van der Waals surface area contributed by atoms with E-state index in [1.54, 1.807) is 0 Å². The maximum Gasteiger partial charge on any atom is 0.401 e. The van der Waals surface area contributed by atoms with Crippen LogP contribution in [0.1, 0.15) is 46.0 Å². The van der Waals surface area contributed by atoms with Crippen LogP contribution in [0.5, 0.6) is 0 Å². The van der Waals surface area contributed by atoms with Crippen molar-refractivity contribution in [2.75, 3.05) is 52.4 Å². The number of alkyl halides is 3. The molecule has 0 aromatic rings. The number of guanidine groups is 1. The molecule has 28 heavy (non-hydrogen) atoms. The second kappa shape index (κ2) is 13.1. The van der Waals surface area contributed by atoms with Crippen LogP contribution in [0.3, 0.4) is 0 Å². The van der Waals surface area contributed by atoms with E-state index in [1.165, 1.54) is 30.8 Å². The molecule has 166 valence electrons. The number of piperidine rings is 1. The monoisotopic (exact) mass is 519 g/mol. The third-order valence-electron chi connectivity index (χ3n) is 5.39. The van der Waals surface area contributed by atoms with Crippen molar-refractivity contribution in [3.8, 4) is 0 Å². The van der Waals surface area contributed by atoms with Crippen LogP contribution < -0.4 is 10.6 Å². The van der Waals surface area contributed by atoms with Gasteiger partial charge in [0, 0.05) is 32.2 Å². The van der Waals surface area contributed by atoms with E-state index >= 15 is 0 Å². The molecule has 0 spiro atoms. The van der Waals surface area contributed by atoms with Crippen molar-refractivity contribution in [3.05, 3.63) is 0 Å². The summed E-state index contributed by atoms with van der Waals surface area (Å²) < 4.78 is 37.5. The van der Waals surface area contributed by atoms with Gasteiger partial charge >= 0.3 is 6.18 Å². The smallest absolute Gasteiger partial charge is 0.357 e. The van der Waals surface area contributed by atoms with Gasteiger partial charge in [-0.15, -0.1) is 24.0 Å². The van der Waals surface area contributed by atoms with Crippen LogP contribution >= 0.6 is 24.0 Å². The van der Waals surface area contributed by atoms with Gasteiger partial charge in [-0.1, -0.05) is 6.92 Å². The molecule has 0 amide bonds. The zero-order valence-electron chi connectivity index (χ0n) is 17.2.